The van der Waals surface area contributed by atoms with Gasteiger partial charge < -0.3 is 19.7 Å². The molecule has 26 heavy (non-hydrogen) atoms. The summed E-state index contributed by atoms with van der Waals surface area (Å²) >= 11 is 0. The van der Waals surface area contributed by atoms with Gasteiger partial charge >= 0.3 is 6.03 Å². The van der Waals surface area contributed by atoms with E-state index in [2.05, 4.69) is 25.0 Å². The minimum atomic E-state index is 0.0734. The Morgan fingerprint density at radius 3 is 2.69 bits per heavy atom. The van der Waals surface area contributed by atoms with Crippen molar-refractivity contribution in [3.63, 3.8) is 0 Å². The highest BCUT2D eigenvalue weighted by atomic mass is 16.2. The van der Waals surface area contributed by atoms with Crippen LogP contribution in [0.15, 0.2) is 0 Å². The minimum absolute atomic E-state index is 0.0734. The number of aromatic nitrogens is 3. The zero-order valence-electron chi connectivity index (χ0n) is 15.8. The molecule has 144 valence electrons. The first-order valence-electron chi connectivity index (χ1n) is 10.5. The van der Waals surface area contributed by atoms with Crippen molar-refractivity contribution in [3.05, 3.63) is 11.6 Å². The molecule has 1 atom stereocenters. The van der Waals surface area contributed by atoms with Gasteiger partial charge in [-0.2, -0.15) is 0 Å². The van der Waals surface area contributed by atoms with E-state index < -0.39 is 0 Å². The molecule has 0 spiro atoms. The highest BCUT2D eigenvalue weighted by molar-refractivity contribution is 5.74. The van der Waals surface area contributed by atoms with Gasteiger partial charge in [-0.15, -0.1) is 10.2 Å². The van der Waals surface area contributed by atoms with Crippen LogP contribution >= 0.6 is 0 Å². The summed E-state index contributed by atoms with van der Waals surface area (Å²) in [5, 5.41) is 12.0. The number of urea groups is 1. The number of hydrogen-bond donors (Lipinski definition) is 1. The average Bonchev–Trinajstić information content (AvgIpc) is 3.35. The third kappa shape index (κ3) is 3.87. The topological polar surface area (TPSA) is 66.3 Å². The molecule has 7 heteroatoms. The molecule has 4 rings (SSSR count). The molecule has 1 N–H and O–H groups in total. The van der Waals surface area contributed by atoms with Crippen LogP contribution in [0.4, 0.5) is 4.79 Å². The second-order valence-electron chi connectivity index (χ2n) is 7.92. The van der Waals surface area contributed by atoms with Gasteiger partial charge in [0.25, 0.3) is 0 Å². The van der Waals surface area contributed by atoms with Gasteiger partial charge in [0.1, 0.15) is 5.82 Å². The zero-order valence-corrected chi connectivity index (χ0v) is 15.8. The lowest BCUT2D eigenvalue weighted by atomic mass is 10.0. The van der Waals surface area contributed by atoms with Crippen LogP contribution in [0.25, 0.3) is 0 Å². The highest BCUT2D eigenvalue weighted by Gasteiger charge is 2.32. The smallest absolute Gasteiger partial charge is 0.318 e. The number of nitrogens with zero attached hydrogens (tertiary/aromatic N) is 5. The first-order valence-corrected chi connectivity index (χ1v) is 10.5. The van der Waals surface area contributed by atoms with Crippen molar-refractivity contribution in [1.29, 1.82) is 0 Å². The van der Waals surface area contributed by atoms with Crippen LogP contribution in [-0.4, -0.2) is 63.3 Å². The number of hydrogen-bond acceptors (Lipinski definition) is 4. The van der Waals surface area contributed by atoms with Crippen LogP contribution < -0.4 is 5.32 Å². The van der Waals surface area contributed by atoms with E-state index >= 15 is 0 Å². The normalized spacial score (nSPS) is 23.8. The number of rotatable bonds is 5. The molecule has 0 bridgehead atoms. The largest absolute Gasteiger partial charge is 0.338 e. The van der Waals surface area contributed by atoms with Gasteiger partial charge in [0.15, 0.2) is 5.82 Å². The first-order chi connectivity index (χ1) is 12.8. The van der Waals surface area contributed by atoms with Crippen LogP contribution in [-0.2, 0) is 13.0 Å². The number of aryl methyl sites for hydroxylation is 1. The van der Waals surface area contributed by atoms with Crippen molar-refractivity contribution in [2.45, 2.75) is 70.4 Å². The Kier molecular flexibility index (Phi) is 5.72. The maximum atomic E-state index is 12.8. The Bertz CT molecular complexity index is 609. The fraction of sp³-hybridized carbons (Fsp3) is 0.842. The quantitative estimate of drug-likeness (QED) is 0.819. The first kappa shape index (κ1) is 17.8. The van der Waals surface area contributed by atoms with Crippen molar-refractivity contribution in [3.8, 4) is 0 Å². The molecule has 0 aromatic carbocycles. The van der Waals surface area contributed by atoms with Crippen LogP contribution in [0, 0.1) is 0 Å². The van der Waals surface area contributed by atoms with E-state index in [-0.39, 0.29) is 12.1 Å². The minimum Gasteiger partial charge on any atom is -0.338 e. The summed E-state index contributed by atoms with van der Waals surface area (Å²) in [6.45, 7) is 6.13. The fourth-order valence-corrected chi connectivity index (χ4v) is 4.63. The van der Waals surface area contributed by atoms with E-state index in [9.17, 15) is 4.79 Å². The molecule has 3 aliphatic rings. The van der Waals surface area contributed by atoms with Gasteiger partial charge in [0.2, 0.25) is 0 Å². The molecule has 2 amide bonds. The van der Waals surface area contributed by atoms with Crippen molar-refractivity contribution in [1.82, 2.24) is 29.9 Å². The van der Waals surface area contributed by atoms with Gasteiger partial charge in [-0.25, -0.2) is 4.79 Å². The molecular weight excluding hydrogens is 328 g/mol. The highest BCUT2D eigenvalue weighted by Crippen LogP contribution is 2.31. The van der Waals surface area contributed by atoms with Gasteiger partial charge in [-0.1, -0.05) is 0 Å². The number of likely N-dealkylation sites (tertiary alicyclic amines) is 2. The second-order valence-corrected chi connectivity index (χ2v) is 7.92. The Hall–Kier alpha value is -1.63. The van der Waals surface area contributed by atoms with Crippen LogP contribution in [0.2, 0.25) is 0 Å². The predicted molar refractivity (Wildman–Crippen MR) is 99.9 cm³/mol. The predicted octanol–water partition coefficient (Wildman–Crippen LogP) is 2.34. The Labute approximate surface area is 156 Å². The Balaban J connectivity index is 1.34. The van der Waals surface area contributed by atoms with Crippen molar-refractivity contribution < 1.29 is 4.79 Å². The number of piperidine rings is 1. The lowest BCUT2D eigenvalue weighted by molar-refractivity contribution is 0.144. The summed E-state index contributed by atoms with van der Waals surface area (Å²) in [6, 6.07) is 0.158. The Morgan fingerprint density at radius 1 is 1.00 bits per heavy atom. The van der Waals surface area contributed by atoms with Crippen molar-refractivity contribution in [2.24, 2.45) is 0 Å². The third-order valence-corrected chi connectivity index (χ3v) is 6.08. The summed E-state index contributed by atoms with van der Waals surface area (Å²) in [5.74, 6) is 2.11. The summed E-state index contributed by atoms with van der Waals surface area (Å²) in [4.78, 5) is 17.3. The number of amides is 2. The number of carbonyl (C=O) groups excluding carboxylic acids is 1. The van der Waals surface area contributed by atoms with E-state index in [4.69, 9.17) is 0 Å². The summed E-state index contributed by atoms with van der Waals surface area (Å²) in [7, 11) is 0. The SMILES string of the molecule is O=C(NCCCN1CCCC1)N1CCCC[C@H]1c1nnc2n1CCCC2. The molecule has 0 radical (unpaired) electrons. The molecule has 1 aromatic rings. The van der Waals surface area contributed by atoms with E-state index in [0.29, 0.717) is 0 Å². The number of carbonyl (C=O) groups is 1. The molecule has 7 nitrogen and oxygen atoms in total. The van der Waals surface area contributed by atoms with Crippen LogP contribution in [0.1, 0.15) is 69.1 Å². The molecule has 0 unspecified atom stereocenters. The summed E-state index contributed by atoms with van der Waals surface area (Å²) in [5.41, 5.74) is 0. The molecule has 2 saturated heterocycles. The van der Waals surface area contributed by atoms with E-state index in [1.807, 2.05) is 4.90 Å². The maximum Gasteiger partial charge on any atom is 0.318 e. The van der Waals surface area contributed by atoms with Crippen LogP contribution in [0.3, 0.4) is 0 Å². The third-order valence-electron chi connectivity index (χ3n) is 6.08. The molecule has 3 aliphatic heterocycles. The zero-order chi connectivity index (χ0) is 17.8. The molecule has 2 fully saturated rings. The maximum absolute atomic E-state index is 12.8. The standard InChI is InChI=1S/C19H32N6O/c26-19(20-10-7-13-23-11-5-6-12-23)24-14-3-1-8-16(24)18-22-21-17-9-2-4-15-25(17)18/h16H,1-15H2,(H,20,26)/t16-/m0/s1. The van der Waals surface area contributed by atoms with E-state index in [1.165, 1.54) is 38.8 Å². The summed E-state index contributed by atoms with van der Waals surface area (Å²) in [6.07, 6.45) is 10.3. The number of nitrogens with one attached hydrogen (secondary N) is 1. The molecular formula is C19H32N6O. The molecule has 0 aliphatic carbocycles. The fourth-order valence-electron chi connectivity index (χ4n) is 4.63. The lowest BCUT2D eigenvalue weighted by Gasteiger charge is -2.35. The van der Waals surface area contributed by atoms with Gasteiger partial charge in [-0.3, -0.25) is 0 Å². The average molecular weight is 361 g/mol. The van der Waals surface area contributed by atoms with Crippen molar-refractivity contribution >= 4 is 6.03 Å². The monoisotopic (exact) mass is 360 g/mol. The lowest BCUT2D eigenvalue weighted by Crippen LogP contribution is -2.46. The van der Waals surface area contributed by atoms with Crippen LogP contribution in [0.5, 0.6) is 0 Å². The number of fused-ring (bicyclic) bond motifs is 1. The molecule has 4 heterocycles. The van der Waals surface area contributed by atoms with Gasteiger partial charge in [0.05, 0.1) is 6.04 Å². The van der Waals surface area contributed by atoms with Crippen molar-refractivity contribution in [2.75, 3.05) is 32.7 Å². The van der Waals surface area contributed by atoms with Gasteiger partial charge in [0, 0.05) is 26.1 Å². The Morgan fingerprint density at radius 2 is 1.81 bits per heavy atom. The molecule has 0 saturated carbocycles. The summed E-state index contributed by atoms with van der Waals surface area (Å²) < 4.78 is 2.27. The van der Waals surface area contributed by atoms with Gasteiger partial charge in [-0.05, 0) is 71.0 Å². The second kappa shape index (κ2) is 8.37. The van der Waals surface area contributed by atoms with E-state index in [0.717, 1.165) is 69.9 Å². The van der Waals surface area contributed by atoms with E-state index in [1.54, 1.807) is 0 Å². The molecule has 1 aromatic heterocycles.